The molecule has 23 heavy (non-hydrogen) atoms. The normalized spacial score (nSPS) is 10.0. The van der Waals surface area contributed by atoms with Crippen molar-refractivity contribution < 1.29 is 14.3 Å². The third kappa shape index (κ3) is 5.30. The van der Waals surface area contributed by atoms with E-state index in [-0.39, 0.29) is 24.8 Å². The Bertz CT molecular complexity index is 669. The monoisotopic (exact) mass is 332 g/mol. The van der Waals surface area contributed by atoms with Gasteiger partial charge in [0.15, 0.2) is 0 Å². The summed E-state index contributed by atoms with van der Waals surface area (Å²) >= 11 is 5.78. The van der Waals surface area contributed by atoms with Gasteiger partial charge in [-0.15, -0.1) is 0 Å². The number of carbonyl (C=O) groups excluding carboxylic acids is 2. The lowest BCUT2D eigenvalue weighted by atomic mass is 10.2. The topological polar surface area (TPSA) is 67.4 Å². The first-order valence-electron chi connectivity index (χ1n) is 7.06. The Morgan fingerprint density at radius 3 is 2.30 bits per heavy atom. The van der Waals surface area contributed by atoms with Crippen LogP contribution in [0.25, 0.3) is 0 Å². The molecule has 0 bridgehead atoms. The maximum atomic E-state index is 11.9. The number of nitrogens with one attached hydrogen (secondary N) is 2. The molecular weight excluding hydrogens is 316 g/mol. The molecule has 0 fully saturated rings. The number of ether oxygens (including phenoxy) is 1. The van der Waals surface area contributed by atoms with E-state index in [4.69, 9.17) is 16.3 Å². The number of hydrogen-bond acceptors (Lipinski definition) is 3. The van der Waals surface area contributed by atoms with Gasteiger partial charge < -0.3 is 15.4 Å². The summed E-state index contributed by atoms with van der Waals surface area (Å²) in [7, 11) is 1.56. The first-order chi connectivity index (χ1) is 11.1. The smallest absolute Gasteiger partial charge is 0.251 e. The third-order valence-corrected chi connectivity index (χ3v) is 3.37. The van der Waals surface area contributed by atoms with E-state index in [2.05, 4.69) is 10.6 Å². The van der Waals surface area contributed by atoms with Gasteiger partial charge in [-0.3, -0.25) is 9.59 Å². The molecule has 0 aliphatic heterocycles. The Labute approximate surface area is 139 Å². The molecule has 0 aliphatic carbocycles. The number of benzene rings is 2. The number of hydrogen-bond donors (Lipinski definition) is 2. The van der Waals surface area contributed by atoms with Crippen LogP contribution in [-0.2, 0) is 4.79 Å². The van der Waals surface area contributed by atoms with Gasteiger partial charge in [0.25, 0.3) is 5.91 Å². The molecule has 2 N–H and O–H groups in total. The van der Waals surface area contributed by atoms with Crippen LogP contribution < -0.4 is 15.4 Å². The summed E-state index contributed by atoms with van der Waals surface area (Å²) in [6, 6.07) is 13.6. The third-order valence-electron chi connectivity index (χ3n) is 3.12. The van der Waals surface area contributed by atoms with Gasteiger partial charge in [-0.25, -0.2) is 0 Å². The number of amides is 2. The zero-order valence-corrected chi connectivity index (χ0v) is 13.4. The molecule has 2 aromatic carbocycles. The summed E-state index contributed by atoms with van der Waals surface area (Å²) in [5.41, 5.74) is 1.18. The van der Waals surface area contributed by atoms with Crippen LogP contribution in [0.1, 0.15) is 16.8 Å². The first-order valence-corrected chi connectivity index (χ1v) is 7.44. The second-order valence-electron chi connectivity index (χ2n) is 4.79. The fraction of sp³-hybridized carbons (Fsp3) is 0.176. The van der Waals surface area contributed by atoms with Gasteiger partial charge in [0.05, 0.1) is 7.11 Å². The van der Waals surface area contributed by atoms with Gasteiger partial charge in [-0.2, -0.15) is 0 Å². The van der Waals surface area contributed by atoms with Crippen molar-refractivity contribution >= 4 is 29.1 Å². The standard InChI is InChI=1S/C17H17ClN2O3/c1-23-15-8-2-12(3-9-15)17(22)19-11-10-16(21)20-14-6-4-13(18)5-7-14/h2-9H,10-11H2,1H3,(H,19,22)(H,20,21). The summed E-state index contributed by atoms with van der Waals surface area (Å²) in [4.78, 5) is 23.7. The van der Waals surface area contributed by atoms with Crippen LogP contribution in [0.5, 0.6) is 5.75 Å². The second-order valence-corrected chi connectivity index (χ2v) is 5.23. The van der Waals surface area contributed by atoms with Crippen molar-refractivity contribution in [2.75, 3.05) is 19.0 Å². The molecule has 0 saturated heterocycles. The van der Waals surface area contributed by atoms with Crippen LogP contribution >= 0.6 is 11.6 Å². The van der Waals surface area contributed by atoms with Gasteiger partial charge in [0.1, 0.15) is 5.75 Å². The Kier molecular flexibility index (Phi) is 6.00. The lowest BCUT2D eigenvalue weighted by molar-refractivity contribution is -0.116. The molecule has 2 aromatic rings. The zero-order valence-electron chi connectivity index (χ0n) is 12.6. The molecule has 0 saturated carbocycles. The molecule has 120 valence electrons. The van der Waals surface area contributed by atoms with E-state index in [1.807, 2.05) is 0 Å². The molecule has 0 aromatic heterocycles. The van der Waals surface area contributed by atoms with Crippen molar-refractivity contribution in [3.05, 3.63) is 59.1 Å². The Morgan fingerprint density at radius 2 is 1.70 bits per heavy atom. The van der Waals surface area contributed by atoms with Crippen molar-refractivity contribution in [3.63, 3.8) is 0 Å². The van der Waals surface area contributed by atoms with Crippen LogP contribution in [0, 0.1) is 0 Å². The maximum absolute atomic E-state index is 11.9. The molecule has 0 heterocycles. The van der Waals surface area contributed by atoms with E-state index in [0.29, 0.717) is 22.0 Å². The average Bonchev–Trinajstić information content (AvgIpc) is 2.57. The van der Waals surface area contributed by atoms with Gasteiger partial charge in [0.2, 0.25) is 5.91 Å². The highest BCUT2D eigenvalue weighted by molar-refractivity contribution is 6.30. The van der Waals surface area contributed by atoms with Crippen molar-refractivity contribution in [1.82, 2.24) is 5.32 Å². The minimum atomic E-state index is -0.230. The fourth-order valence-corrected chi connectivity index (χ4v) is 2.02. The van der Waals surface area contributed by atoms with Crippen molar-refractivity contribution in [2.24, 2.45) is 0 Å². The van der Waals surface area contributed by atoms with E-state index in [1.165, 1.54) is 0 Å². The number of anilines is 1. The van der Waals surface area contributed by atoms with Crippen LogP contribution in [-0.4, -0.2) is 25.5 Å². The minimum absolute atomic E-state index is 0.178. The molecule has 0 unspecified atom stereocenters. The summed E-state index contributed by atoms with van der Waals surface area (Å²) in [6.45, 7) is 0.254. The van der Waals surface area contributed by atoms with Gasteiger partial charge in [-0.1, -0.05) is 11.6 Å². The number of rotatable bonds is 6. The van der Waals surface area contributed by atoms with Crippen LogP contribution in [0.2, 0.25) is 5.02 Å². The van der Waals surface area contributed by atoms with Crippen molar-refractivity contribution in [2.45, 2.75) is 6.42 Å². The maximum Gasteiger partial charge on any atom is 0.251 e. The Morgan fingerprint density at radius 1 is 1.04 bits per heavy atom. The van der Waals surface area contributed by atoms with Gasteiger partial charge >= 0.3 is 0 Å². The average molecular weight is 333 g/mol. The van der Waals surface area contributed by atoms with E-state index in [0.717, 1.165) is 0 Å². The number of methoxy groups -OCH3 is 1. The molecule has 6 heteroatoms. The van der Waals surface area contributed by atoms with Crippen molar-refractivity contribution in [1.29, 1.82) is 0 Å². The fourth-order valence-electron chi connectivity index (χ4n) is 1.89. The predicted molar refractivity (Wildman–Crippen MR) is 90.0 cm³/mol. The zero-order chi connectivity index (χ0) is 16.7. The molecule has 2 rings (SSSR count). The molecule has 5 nitrogen and oxygen atoms in total. The second kappa shape index (κ2) is 8.19. The Hall–Kier alpha value is -2.53. The highest BCUT2D eigenvalue weighted by atomic mass is 35.5. The molecule has 2 amide bonds. The van der Waals surface area contributed by atoms with Crippen molar-refractivity contribution in [3.8, 4) is 5.75 Å². The first kappa shape index (κ1) is 16.8. The molecular formula is C17H17ClN2O3. The number of halogens is 1. The highest BCUT2D eigenvalue weighted by Crippen LogP contribution is 2.13. The van der Waals surface area contributed by atoms with Crippen LogP contribution in [0.3, 0.4) is 0 Å². The summed E-state index contributed by atoms with van der Waals surface area (Å²) in [6.07, 6.45) is 0.185. The number of carbonyl (C=O) groups is 2. The minimum Gasteiger partial charge on any atom is -0.497 e. The summed E-state index contributed by atoms with van der Waals surface area (Å²) in [5.74, 6) is 0.276. The van der Waals surface area contributed by atoms with E-state index >= 15 is 0 Å². The highest BCUT2D eigenvalue weighted by Gasteiger charge is 2.07. The summed E-state index contributed by atoms with van der Waals surface area (Å²) in [5, 5.41) is 6.04. The molecule has 0 atom stereocenters. The quantitative estimate of drug-likeness (QED) is 0.854. The van der Waals surface area contributed by atoms with E-state index in [9.17, 15) is 9.59 Å². The van der Waals surface area contributed by atoms with Crippen LogP contribution in [0.4, 0.5) is 5.69 Å². The Balaban J connectivity index is 1.76. The molecule has 0 radical (unpaired) electrons. The predicted octanol–water partition coefficient (Wildman–Crippen LogP) is 3.11. The van der Waals surface area contributed by atoms with E-state index < -0.39 is 0 Å². The largest absolute Gasteiger partial charge is 0.497 e. The summed E-state index contributed by atoms with van der Waals surface area (Å²) < 4.78 is 5.03. The molecule has 0 aliphatic rings. The van der Waals surface area contributed by atoms with Crippen LogP contribution in [0.15, 0.2) is 48.5 Å². The van der Waals surface area contributed by atoms with E-state index in [1.54, 1.807) is 55.6 Å². The van der Waals surface area contributed by atoms with Gasteiger partial charge in [-0.05, 0) is 48.5 Å². The van der Waals surface area contributed by atoms with Gasteiger partial charge in [0, 0.05) is 29.2 Å². The SMILES string of the molecule is COc1ccc(C(=O)NCCC(=O)Nc2ccc(Cl)cc2)cc1. The molecule has 0 spiro atoms. The lowest BCUT2D eigenvalue weighted by Crippen LogP contribution is -2.27. The lowest BCUT2D eigenvalue weighted by Gasteiger charge is -2.07.